The molecule has 5 heteroatoms. The maximum absolute atomic E-state index is 12.6. The molecule has 0 aromatic heterocycles. The second kappa shape index (κ2) is 5.05. The van der Waals surface area contributed by atoms with Gasteiger partial charge in [-0.25, -0.2) is 0 Å². The summed E-state index contributed by atoms with van der Waals surface area (Å²) in [4.78, 5) is 26.1. The molecule has 106 valence electrons. The molecule has 1 spiro atoms. The molecule has 0 unspecified atom stereocenters. The number of likely N-dealkylation sites (tertiary alicyclic amines) is 1. The Morgan fingerprint density at radius 3 is 2.30 bits per heavy atom. The molecule has 1 saturated heterocycles. The first kappa shape index (κ1) is 13.9. The van der Waals surface area contributed by atoms with Crippen LogP contribution in [0.25, 0.3) is 0 Å². The SMILES string of the molecule is O=C1CC2(CCCC2)C(=O)N1Cc1c(Cl)cccc1Cl. The van der Waals surface area contributed by atoms with Gasteiger partial charge in [-0.1, -0.05) is 42.1 Å². The first-order valence-corrected chi connectivity index (χ1v) is 7.57. The first-order valence-electron chi connectivity index (χ1n) is 6.81. The van der Waals surface area contributed by atoms with Crippen LogP contribution < -0.4 is 0 Å². The molecule has 0 N–H and O–H groups in total. The van der Waals surface area contributed by atoms with E-state index in [0.29, 0.717) is 22.0 Å². The third-order valence-electron chi connectivity index (χ3n) is 4.43. The third-order valence-corrected chi connectivity index (χ3v) is 5.14. The van der Waals surface area contributed by atoms with Gasteiger partial charge in [-0.15, -0.1) is 0 Å². The van der Waals surface area contributed by atoms with E-state index in [4.69, 9.17) is 23.2 Å². The van der Waals surface area contributed by atoms with E-state index in [0.717, 1.165) is 25.7 Å². The number of imide groups is 1. The lowest BCUT2D eigenvalue weighted by Gasteiger charge is -2.21. The molecule has 2 aliphatic rings. The summed E-state index contributed by atoms with van der Waals surface area (Å²) in [5.74, 6) is -0.149. The monoisotopic (exact) mass is 311 g/mol. The van der Waals surface area contributed by atoms with E-state index in [2.05, 4.69) is 0 Å². The number of carbonyl (C=O) groups excluding carboxylic acids is 2. The van der Waals surface area contributed by atoms with Crippen LogP contribution in [0.4, 0.5) is 0 Å². The normalized spacial score (nSPS) is 21.2. The molecule has 1 heterocycles. The molecule has 20 heavy (non-hydrogen) atoms. The topological polar surface area (TPSA) is 37.4 Å². The van der Waals surface area contributed by atoms with Crippen molar-refractivity contribution < 1.29 is 9.59 Å². The van der Waals surface area contributed by atoms with Crippen molar-refractivity contribution in [2.75, 3.05) is 0 Å². The van der Waals surface area contributed by atoms with Crippen LogP contribution in [0, 0.1) is 5.41 Å². The lowest BCUT2D eigenvalue weighted by molar-refractivity contribution is -0.142. The van der Waals surface area contributed by atoms with Crippen LogP contribution in [0.15, 0.2) is 18.2 Å². The molecular formula is C15H15Cl2NO2. The summed E-state index contributed by atoms with van der Waals surface area (Å²) in [5.41, 5.74) is 0.206. The Hall–Kier alpha value is -1.06. The van der Waals surface area contributed by atoms with Gasteiger partial charge in [-0.05, 0) is 25.0 Å². The fourth-order valence-corrected chi connectivity index (χ4v) is 3.82. The fraction of sp³-hybridized carbons (Fsp3) is 0.467. The van der Waals surface area contributed by atoms with E-state index in [1.165, 1.54) is 4.90 Å². The zero-order valence-electron chi connectivity index (χ0n) is 11.0. The molecule has 1 aliphatic heterocycles. The summed E-state index contributed by atoms with van der Waals surface area (Å²) < 4.78 is 0. The van der Waals surface area contributed by atoms with Crippen LogP contribution in [0.2, 0.25) is 10.0 Å². The van der Waals surface area contributed by atoms with Crippen molar-refractivity contribution in [2.45, 2.75) is 38.6 Å². The van der Waals surface area contributed by atoms with Crippen LogP contribution in [0.5, 0.6) is 0 Å². The molecule has 2 amide bonds. The minimum atomic E-state index is -0.440. The van der Waals surface area contributed by atoms with E-state index in [1.807, 2.05) is 0 Å². The molecule has 3 nitrogen and oxygen atoms in total. The number of carbonyl (C=O) groups is 2. The van der Waals surface area contributed by atoms with Crippen LogP contribution in [0.1, 0.15) is 37.7 Å². The second-order valence-electron chi connectivity index (χ2n) is 5.65. The smallest absolute Gasteiger partial charge is 0.236 e. The highest BCUT2D eigenvalue weighted by Gasteiger charge is 2.52. The Labute approximate surface area is 127 Å². The Morgan fingerprint density at radius 1 is 1.10 bits per heavy atom. The second-order valence-corrected chi connectivity index (χ2v) is 6.46. The lowest BCUT2D eigenvalue weighted by Crippen LogP contribution is -2.34. The van der Waals surface area contributed by atoms with Crippen molar-refractivity contribution in [3.63, 3.8) is 0 Å². The molecule has 0 atom stereocenters. The van der Waals surface area contributed by atoms with Crippen molar-refractivity contribution in [2.24, 2.45) is 5.41 Å². The Bertz CT molecular complexity index is 559. The van der Waals surface area contributed by atoms with E-state index in [9.17, 15) is 9.59 Å². The summed E-state index contributed by atoms with van der Waals surface area (Å²) in [7, 11) is 0. The van der Waals surface area contributed by atoms with E-state index >= 15 is 0 Å². The summed E-state index contributed by atoms with van der Waals surface area (Å²) in [5, 5.41) is 0.982. The van der Waals surface area contributed by atoms with Crippen molar-refractivity contribution in [1.82, 2.24) is 4.90 Å². The molecule has 2 fully saturated rings. The van der Waals surface area contributed by atoms with Gasteiger partial charge in [-0.2, -0.15) is 0 Å². The zero-order valence-corrected chi connectivity index (χ0v) is 12.5. The highest BCUT2D eigenvalue weighted by molar-refractivity contribution is 6.36. The van der Waals surface area contributed by atoms with Crippen LogP contribution in [-0.2, 0) is 16.1 Å². The van der Waals surface area contributed by atoms with Gasteiger partial charge in [-0.3, -0.25) is 14.5 Å². The van der Waals surface area contributed by atoms with E-state index in [1.54, 1.807) is 18.2 Å². The minimum absolute atomic E-state index is 0.0454. The standard InChI is InChI=1S/C15H15Cl2NO2/c16-11-4-3-5-12(17)10(11)9-18-13(19)8-15(14(18)20)6-1-2-7-15/h3-5H,1-2,6-9H2. The zero-order chi connectivity index (χ0) is 14.3. The summed E-state index contributed by atoms with van der Waals surface area (Å²) in [6.07, 6.45) is 4.04. The molecule has 0 radical (unpaired) electrons. The fourth-order valence-electron chi connectivity index (χ4n) is 3.30. The van der Waals surface area contributed by atoms with Gasteiger partial charge in [0.2, 0.25) is 11.8 Å². The van der Waals surface area contributed by atoms with E-state index < -0.39 is 5.41 Å². The van der Waals surface area contributed by atoms with Gasteiger partial charge >= 0.3 is 0 Å². The lowest BCUT2D eigenvalue weighted by atomic mass is 9.84. The van der Waals surface area contributed by atoms with E-state index in [-0.39, 0.29) is 18.4 Å². The van der Waals surface area contributed by atoms with Crippen molar-refractivity contribution in [1.29, 1.82) is 0 Å². The summed E-state index contributed by atoms with van der Waals surface area (Å²) in [6, 6.07) is 5.19. The van der Waals surface area contributed by atoms with Gasteiger partial charge < -0.3 is 0 Å². The maximum Gasteiger partial charge on any atom is 0.236 e. The quantitative estimate of drug-likeness (QED) is 0.779. The number of nitrogens with zero attached hydrogens (tertiary/aromatic N) is 1. The highest BCUT2D eigenvalue weighted by Crippen LogP contribution is 2.47. The molecular weight excluding hydrogens is 297 g/mol. The third kappa shape index (κ3) is 2.13. The molecule has 0 bridgehead atoms. The van der Waals surface area contributed by atoms with Gasteiger partial charge in [0.15, 0.2) is 0 Å². The van der Waals surface area contributed by atoms with Crippen molar-refractivity contribution >= 4 is 35.0 Å². The first-order chi connectivity index (χ1) is 9.53. The minimum Gasteiger partial charge on any atom is -0.278 e. The average Bonchev–Trinajstić information content (AvgIpc) is 2.95. The highest BCUT2D eigenvalue weighted by atomic mass is 35.5. The molecule has 1 aromatic rings. The van der Waals surface area contributed by atoms with Gasteiger partial charge in [0.05, 0.1) is 12.0 Å². The number of amides is 2. The molecule has 1 saturated carbocycles. The number of hydrogen-bond donors (Lipinski definition) is 0. The Kier molecular flexibility index (Phi) is 3.51. The largest absolute Gasteiger partial charge is 0.278 e. The predicted octanol–water partition coefficient (Wildman–Crippen LogP) is 3.81. The van der Waals surface area contributed by atoms with Crippen molar-refractivity contribution in [3.8, 4) is 0 Å². The molecule has 3 rings (SSSR count). The predicted molar refractivity (Wildman–Crippen MR) is 77.5 cm³/mol. The van der Waals surface area contributed by atoms with Gasteiger partial charge in [0.25, 0.3) is 0 Å². The summed E-state index contributed by atoms with van der Waals surface area (Å²) >= 11 is 12.2. The Balaban J connectivity index is 1.88. The van der Waals surface area contributed by atoms with Gasteiger partial charge in [0, 0.05) is 22.0 Å². The molecule has 1 aromatic carbocycles. The maximum atomic E-state index is 12.6. The number of benzene rings is 1. The van der Waals surface area contributed by atoms with Crippen LogP contribution in [-0.4, -0.2) is 16.7 Å². The van der Waals surface area contributed by atoms with Gasteiger partial charge in [0.1, 0.15) is 0 Å². The number of hydrogen-bond acceptors (Lipinski definition) is 2. The van der Waals surface area contributed by atoms with Crippen LogP contribution in [0.3, 0.4) is 0 Å². The number of rotatable bonds is 2. The summed E-state index contributed by atoms with van der Waals surface area (Å²) in [6.45, 7) is 0.178. The van der Waals surface area contributed by atoms with Crippen molar-refractivity contribution in [3.05, 3.63) is 33.8 Å². The molecule has 1 aliphatic carbocycles. The Morgan fingerprint density at radius 2 is 1.70 bits per heavy atom. The number of halogens is 2. The average molecular weight is 312 g/mol. The van der Waals surface area contributed by atoms with Crippen LogP contribution >= 0.6 is 23.2 Å².